The van der Waals surface area contributed by atoms with Crippen molar-refractivity contribution in [2.75, 3.05) is 13.7 Å². The van der Waals surface area contributed by atoms with Crippen molar-refractivity contribution in [1.29, 1.82) is 0 Å². The van der Waals surface area contributed by atoms with Gasteiger partial charge in [-0.1, -0.05) is 36.4 Å². The number of rotatable bonds is 10. The first-order chi connectivity index (χ1) is 16.5. The summed E-state index contributed by atoms with van der Waals surface area (Å²) >= 11 is 0. The van der Waals surface area contributed by atoms with Gasteiger partial charge in [0.2, 0.25) is 5.91 Å². The van der Waals surface area contributed by atoms with Gasteiger partial charge in [-0.25, -0.2) is 4.98 Å². The number of hydrogen-bond donors (Lipinski definition) is 1. The molecule has 1 heterocycles. The molecule has 6 nitrogen and oxygen atoms in total. The van der Waals surface area contributed by atoms with Crippen LogP contribution in [0, 0.1) is 6.92 Å². The maximum Gasteiger partial charge on any atom is 0.225 e. The molecule has 0 bridgehead atoms. The second-order valence-corrected chi connectivity index (χ2v) is 8.38. The molecule has 1 atom stereocenters. The van der Waals surface area contributed by atoms with Crippen LogP contribution in [0.25, 0.3) is 11.0 Å². The highest BCUT2D eigenvalue weighted by molar-refractivity contribution is 5.80. The van der Waals surface area contributed by atoms with Gasteiger partial charge in [0.1, 0.15) is 17.3 Å². The van der Waals surface area contributed by atoms with E-state index in [1.165, 1.54) is 0 Å². The number of fused-ring (bicyclic) bond motifs is 1. The number of nitrogens with one attached hydrogen (secondary N) is 1. The number of aromatic nitrogens is 2. The number of aryl methyl sites for hydroxylation is 2. The molecule has 34 heavy (non-hydrogen) atoms. The van der Waals surface area contributed by atoms with Gasteiger partial charge in [-0.2, -0.15) is 0 Å². The van der Waals surface area contributed by atoms with E-state index in [4.69, 9.17) is 14.5 Å². The summed E-state index contributed by atoms with van der Waals surface area (Å²) in [6.07, 6.45) is 1.16. The number of methoxy groups -OCH3 is 1. The van der Waals surface area contributed by atoms with E-state index in [2.05, 4.69) is 16.0 Å². The summed E-state index contributed by atoms with van der Waals surface area (Å²) in [5.74, 6) is 2.46. The molecule has 1 unspecified atom stereocenters. The lowest BCUT2D eigenvalue weighted by Gasteiger charge is -2.17. The minimum atomic E-state index is -0.216. The standard InChI is InChI=1S/C28H31N3O3/c1-20-9-4-5-10-22(20)19-27(32)29-21(2)28-30-25-11-6-7-12-26(25)31(28)17-8-18-34-24-15-13-23(33-3)14-16-24/h4-7,9-16,21H,8,17-19H2,1-3H3,(H,29,32). The van der Waals surface area contributed by atoms with Crippen LogP contribution in [0.5, 0.6) is 11.5 Å². The molecule has 0 aliphatic carbocycles. The summed E-state index contributed by atoms with van der Waals surface area (Å²) in [4.78, 5) is 17.6. The molecule has 176 valence electrons. The van der Waals surface area contributed by atoms with Gasteiger partial charge in [-0.05, 0) is 67.8 Å². The Morgan fingerprint density at radius 2 is 1.71 bits per heavy atom. The fraction of sp³-hybridized carbons (Fsp3) is 0.286. The highest BCUT2D eigenvalue weighted by atomic mass is 16.5. The third-order valence-corrected chi connectivity index (χ3v) is 5.92. The maximum atomic E-state index is 12.8. The van der Waals surface area contributed by atoms with Crippen LogP contribution in [0.4, 0.5) is 0 Å². The van der Waals surface area contributed by atoms with E-state index in [9.17, 15) is 4.79 Å². The fourth-order valence-corrected chi connectivity index (χ4v) is 4.08. The van der Waals surface area contributed by atoms with E-state index in [1.807, 2.05) is 80.6 Å². The number of ether oxygens (including phenoxy) is 2. The smallest absolute Gasteiger partial charge is 0.225 e. The molecule has 0 aliphatic heterocycles. The number of hydrogen-bond acceptors (Lipinski definition) is 4. The molecule has 1 amide bonds. The molecular formula is C28H31N3O3. The van der Waals surface area contributed by atoms with Crippen molar-refractivity contribution >= 4 is 16.9 Å². The molecule has 3 aromatic carbocycles. The van der Waals surface area contributed by atoms with E-state index >= 15 is 0 Å². The lowest BCUT2D eigenvalue weighted by atomic mass is 10.1. The quantitative estimate of drug-likeness (QED) is 0.331. The number of imidazole rings is 1. The summed E-state index contributed by atoms with van der Waals surface area (Å²) in [5, 5.41) is 3.13. The Balaban J connectivity index is 1.42. The molecule has 1 N–H and O–H groups in total. The van der Waals surface area contributed by atoms with Crippen LogP contribution in [-0.2, 0) is 17.8 Å². The Morgan fingerprint density at radius 3 is 2.47 bits per heavy atom. The highest BCUT2D eigenvalue weighted by Gasteiger charge is 2.18. The molecule has 6 heteroatoms. The first kappa shape index (κ1) is 23.4. The fourth-order valence-electron chi connectivity index (χ4n) is 4.08. The van der Waals surface area contributed by atoms with Crippen LogP contribution in [0.15, 0.2) is 72.8 Å². The number of benzene rings is 3. The molecule has 0 saturated heterocycles. The second kappa shape index (κ2) is 10.9. The van der Waals surface area contributed by atoms with Crippen molar-refractivity contribution in [3.63, 3.8) is 0 Å². The van der Waals surface area contributed by atoms with Crippen LogP contribution < -0.4 is 14.8 Å². The monoisotopic (exact) mass is 457 g/mol. The number of carbonyl (C=O) groups is 1. The first-order valence-corrected chi connectivity index (χ1v) is 11.6. The summed E-state index contributed by atoms with van der Waals surface area (Å²) < 4.78 is 13.3. The van der Waals surface area contributed by atoms with Crippen LogP contribution in [0.3, 0.4) is 0 Å². The molecule has 0 radical (unpaired) electrons. The number of carbonyl (C=O) groups excluding carboxylic acids is 1. The largest absolute Gasteiger partial charge is 0.497 e. The van der Waals surface area contributed by atoms with Gasteiger partial charge in [-0.15, -0.1) is 0 Å². The minimum absolute atomic E-state index is 0.0109. The summed E-state index contributed by atoms with van der Waals surface area (Å²) in [5.41, 5.74) is 4.14. The van der Waals surface area contributed by atoms with Crippen molar-refractivity contribution in [1.82, 2.24) is 14.9 Å². The van der Waals surface area contributed by atoms with Gasteiger partial charge in [0.25, 0.3) is 0 Å². The van der Waals surface area contributed by atoms with Crippen molar-refractivity contribution < 1.29 is 14.3 Å². The molecular weight excluding hydrogens is 426 g/mol. The third kappa shape index (κ3) is 5.57. The van der Waals surface area contributed by atoms with Crippen LogP contribution >= 0.6 is 0 Å². The van der Waals surface area contributed by atoms with Crippen LogP contribution in [0.2, 0.25) is 0 Å². The molecule has 0 fully saturated rings. The van der Waals surface area contributed by atoms with E-state index in [-0.39, 0.29) is 11.9 Å². The maximum absolute atomic E-state index is 12.8. The SMILES string of the molecule is COc1ccc(OCCCn2c(C(C)NC(=O)Cc3ccccc3C)nc3ccccc32)cc1. The first-order valence-electron chi connectivity index (χ1n) is 11.6. The Hall–Kier alpha value is -3.80. The number of para-hydroxylation sites is 2. The lowest BCUT2D eigenvalue weighted by molar-refractivity contribution is -0.121. The Labute approximate surface area is 200 Å². The van der Waals surface area contributed by atoms with Crippen molar-refractivity contribution in [2.24, 2.45) is 0 Å². The summed E-state index contributed by atoms with van der Waals surface area (Å²) in [7, 11) is 1.65. The zero-order valence-corrected chi connectivity index (χ0v) is 20.0. The predicted octanol–water partition coefficient (Wildman–Crippen LogP) is 5.24. The topological polar surface area (TPSA) is 65.4 Å². The zero-order chi connectivity index (χ0) is 23.9. The number of amides is 1. The van der Waals surface area contributed by atoms with E-state index in [1.54, 1.807) is 7.11 Å². The minimum Gasteiger partial charge on any atom is -0.497 e. The summed E-state index contributed by atoms with van der Waals surface area (Å²) in [6.45, 7) is 5.33. The lowest BCUT2D eigenvalue weighted by Crippen LogP contribution is -2.30. The predicted molar refractivity (Wildman–Crippen MR) is 134 cm³/mol. The van der Waals surface area contributed by atoms with Gasteiger partial charge in [0.05, 0.1) is 37.2 Å². The molecule has 4 aromatic rings. The Bertz CT molecular complexity index is 1250. The Kier molecular flexibility index (Phi) is 7.48. The van der Waals surface area contributed by atoms with Gasteiger partial charge in [0.15, 0.2) is 0 Å². The highest BCUT2D eigenvalue weighted by Crippen LogP contribution is 2.22. The Morgan fingerprint density at radius 1 is 1.00 bits per heavy atom. The molecule has 1 aromatic heterocycles. The van der Waals surface area contributed by atoms with Gasteiger partial charge >= 0.3 is 0 Å². The molecule has 0 aliphatic rings. The normalized spacial score (nSPS) is 11.9. The van der Waals surface area contributed by atoms with Crippen molar-refractivity contribution in [3.05, 3.63) is 89.7 Å². The van der Waals surface area contributed by atoms with Crippen molar-refractivity contribution in [2.45, 2.75) is 39.3 Å². The molecule has 0 saturated carbocycles. The average Bonchev–Trinajstić information content (AvgIpc) is 3.22. The zero-order valence-electron chi connectivity index (χ0n) is 20.0. The molecule has 0 spiro atoms. The third-order valence-electron chi connectivity index (χ3n) is 5.92. The second-order valence-electron chi connectivity index (χ2n) is 8.38. The van der Waals surface area contributed by atoms with Gasteiger partial charge < -0.3 is 19.4 Å². The van der Waals surface area contributed by atoms with E-state index in [0.29, 0.717) is 13.0 Å². The number of nitrogens with zero attached hydrogens (tertiary/aromatic N) is 2. The molecule has 4 rings (SSSR count). The van der Waals surface area contributed by atoms with Crippen LogP contribution in [-0.4, -0.2) is 29.2 Å². The van der Waals surface area contributed by atoms with E-state index in [0.717, 1.165) is 52.4 Å². The van der Waals surface area contributed by atoms with Crippen molar-refractivity contribution in [3.8, 4) is 11.5 Å². The average molecular weight is 458 g/mol. The van der Waals surface area contributed by atoms with E-state index < -0.39 is 0 Å². The van der Waals surface area contributed by atoms with Crippen LogP contribution in [0.1, 0.15) is 36.3 Å². The summed E-state index contributed by atoms with van der Waals surface area (Å²) in [6, 6.07) is 23.4. The van der Waals surface area contributed by atoms with Gasteiger partial charge in [0, 0.05) is 6.54 Å². The van der Waals surface area contributed by atoms with Gasteiger partial charge in [-0.3, -0.25) is 4.79 Å².